The van der Waals surface area contributed by atoms with E-state index < -0.39 is 0 Å². The average Bonchev–Trinajstić information content (AvgIpc) is 2.87. The lowest BCUT2D eigenvalue weighted by atomic mass is 10.0. The Hall–Kier alpha value is -4.13. The van der Waals surface area contributed by atoms with Crippen molar-refractivity contribution in [1.29, 1.82) is 0 Å². The Balaban J connectivity index is 1.26. The number of benzene rings is 3. The lowest BCUT2D eigenvalue weighted by Crippen LogP contribution is -2.52. The summed E-state index contributed by atoms with van der Waals surface area (Å²) in [5, 5.41) is 12.6. The van der Waals surface area contributed by atoms with E-state index in [1.54, 1.807) is 40.1 Å². The number of rotatable bonds is 5. The van der Waals surface area contributed by atoms with Gasteiger partial charge in [-0.05, 0) is 35.4 Å². The zero-order valence-corrected chi connectivity index (χ0v) is 18.1. The fourth-order valence-corrected chi connectivity index (χ4v) is 3.80. The van der Waals surface area contributed by atoms with E-state index in [4.69, 9.17) is 0 Å². The molecule has 3 amide bonds. The molecule has 3 aromatic rings. The molecule has 1 fully saturated rings. The van der Waals surface area contributed by atoms with Crippen molar-refractivity contribution >= 4 is 17.7 Å². The molecule has 1 heterocycles. The maximum Gasteiger partial charge on any atom is 0.257 e. The Morgan fingerprint density at radius 1 is 0.727 bits per heavy atom. The van der Waals surface area contributed by atoms with Gasteiger partial charge in [-0.25, -0.2) is 0 Å². The molecule has 0 atom stereocenters. The van der Waals surface area contributed by atoms with Crippen LogP contribution in [0.5, 0.6) is 5.75 Å². The molecular formula is C26H25N3O4. The van der Waals surface area contributed by atoms with Crippen LogP contribution in [0.15, 0.2) is 78.9 Å². The Bertz CT molecular complexity index is 1140. The van der Waals surface area contributed by atoms with Gasteiger partial charge in [0.2, 0.25) is 5.91 Å². The molecule has 0 radical (unpaired) electrons. The molecule has 0 unspecified atom stereocenters. The summed E-state index contributed by atoms with van der Waals surface area (Å²) in [4.78, 5) is 40.8. The minimum atomic E-state index is -0.309. The molecule has 0 saturated carbocycles. The van der Waals surface area contributed by atoms with Crippen molar-refractivity contribution in [2.75, 3.05) is 32.7 Å². The van der Waals surface area contributed by atoms with Crippen LogP contribution >= 0.6 is 0 Å². The van der Waals surface area contributed by atoms with Gasteiger partial charge in [-0.2, -0.15) is 0 Å². The third kappa shape index (κ3) is 5.20. The number of para-hydroxylation sites is 1. The van der Waals surface area contributed by atoms with E-state index in [1.165, 1.54) is 6.07 Å². The zero-order chi connectivity index (χ0) is 23.2. The summed E-state index contributed by atoms with van der Waals surface area (Å²) >= 11 is 0. The Morgan fingerprint density at radius 3 is 1.97 bits per heavy atom. The first-order valence-electron chi connectivity index (χ1n) is 10.8. The van der Waals surface area contributed by atoms with Crippen molar-refractivity contribution in [3.8, 4) is 16.9 Å². The fraction of sp³-hybridized carbons (Fsp3) is 0.192. The van der Waals surface area contributed by atoms with Crippen molar-refractivity contribution in [1.82, 2.24) is 15.1 Å². The van der Waals surface area contributed by atoms with Gasteiger partial charge in [0, 0.05) is 31.7 Å². The highest BCUT2D eigenvalue weighted by molar-refractivity contribution is 5.98. The molecule has 1 aliphatic rings. The van der Waals surface area contributed by atoms with Gasteiger partial charge in [0.15, 0.2) is 0 Å². The maximum atomic E-state index is 12.6. The van der Waals surface area contributed by atoms with Crippen LogP contribution in [-0.2, 0) is 4.79 Å². The molecule has 168 valence electrons. The topological polar surface area (TPSA) is 90.0 Å². The second-order valence-electron chi connectivity index (χ2n) is 7.82. The number of carbonyl (C=O) groups excluding carboxylic acids is 3. The van der Waals surface area contributed by atoms with Crippen LogP contribution < -0.4 is 5.32 Å². The molecule has 2 N–H and O–H groups in total. The lowest BCUT2D eigenvalue weighted by Gasteiger charge is -2.35. The van der Waals surface area contributed by atoms with Gasteiger partial charge in [-0.1, -0.05) is 54.6 Å². The molecule has 0 aliphatic carbocycles. The Morgan fingerprint density at radius 2 is 1.30 bits per heavy atom. The molecule has 1 aliphatic heterocycles. The number of amides is 3. The molecular weight excluding hydrogens is 418 g/mol. The van der Waals surface area contributed by atoms with E-state index in [-0.39, 0.29) is 35.6 Å². The molecule has 0 aromatic heterocycles. The minimum Gasteiger partial charge on any atom is -0.507 e. The normalized spacial score (nSPS) is 13.5. The van der Waals surface area contributed by atoms with E-state index >= 15 is 0 Å². The highest BCUT2D eigenvalue weighted by Crippen LogP contribution is 2.20. The number of phenolic OH excluding ortho intramolecular Hbond substituents is 1. The number of aromatic hydroxyl groups is 1. The highest BCUT2D eigenvalue weighted by atomic mass is 16.3. The van der Waals surface area contributed by atoms with Crippen molar-refractivity contribution in [3.63, 3.8) is 0 Å². The number of hydrogen-bond acceptors (Lipinski definition) is 4. The molecule has 0 spiro atoms. The molecule has 33 heavy (non-hydrogen) atoms. The van der Waals surface area contributed by atoms with Crippen LogP contribution in [0.25, 0.3) is 11.1 Å². The predicted octanol–water partition coefficient (Wildman–Crippen LogP) is 2.77. The second-order valence-corrected chi connectivity index (χ2v) is 7.82. The third-order valence-electron chi connectivity index (χ3n) is 5.71. The third-order valence-corrected chi connectivity index (χ3v) is 5.71. The number of nitrogens with one attached hydrogen (secondary N) is 1. The van der Waals surface area contributed by atoms with Gasteiger partial charge in [-0.15, -0.1) is 0 Å². The Labute approximate surface area is 192 Å². The maximum absolute atomic E-state index is 12.6. The number of nitrogens with zero attached hydrogens (tertiary/aromatic N) is 2. The summed E-state index contributed by atoms with van der Waals surface area (Å²) < 4.78 is 0. The first kappa shape index (κ1) is 22.1. The quantitative estimate of drug-likeness (QED) is 0.635. The first-order chi connectivity index (χ1) is 16.0. The fourth-order valence-electron chi connectivity index (χ4n) is 3.80. The average molecular weight is 444 g/mol. The van der Waals surface area contributed by atoms with E-state index in [9.17, 15) is 19.5 Å². The number of carbonyl (C=O) groups is 3. The molecule has 1 saturated heterocycles. The molecule has 0 bridgehead atoms. The van der Waals surface area contributed by atoms with Gasteiger partial charge in [0.25, 0.3) is 11.8 Å². The van der Waals surface area contributed by atoms with E-state index in [1.807, 2.05) is 42.5 Å². The van der Waals surface area contributed by atoms with Gasteiger partial charge in [-0.3, -0.25) is 14.4 Å². The van der Waals surface area contributed by atoms with Gasteiger partial charge in [0.1, 0.15) is 5.75 Å². The Kier molecular flexibility index (Phi) is 6.69. The SMILES string of the molecule is O=C(NCC(=O)N1CCN(C(=O)c2ccccc2O)CC1)c1ccc(-c2ccccc2)cc1. The van der Waals surface area contributed by atoms with Crippen LogP contribution in [0, 0.1) is 0 Å². The summed E-state index contributed by atoms with van der Waals surface area (Å²) in [7, 11) is 0. The monoisotopic (exact) mass is 443 g/mol. The van der Waals surface area contributed by atoms with E-state index in [0.717, 1.165) is 11.1 Å². The van der Waals surface area contributed by atoms with Crippen molar-refractivity contribution in [2.45, 2.75) is 0 Å². The first-order valence-corrected chi connectivity index (χ1v) is 10.8. The predicted molar refractivity (Wildman–Crippen MR) is 125 cm³/mol. The smallest absolute Gasteiger partial charge is 0.257 e. The van der Waals surface area contributed by atoms with Crippen LogP contribution in [0.4, 0.5) is 0 Å². The minimum absolute atomic E-state index is 0.0551. The van der Waals surface area contributed by atoms with Gasteiger partial charge >= 0.3 is 0 Å². The van der Waals surface area contributed by atoms with Crippen LogP contribution in [-0.4, -0.2) is 65.4 Å². The lowest BCUT2D eigenvalue weighted by molar-refractivity contribution is -0.131. The number of hydrogen-bond donors (Lipinski definition) is 2. The molecule has 7 heteroatoms. The van der Waals surface area contributed by atoms with Crippen LogP contribution in [0.1, 0.15) is 20.7 Å². The highest BCUT2D eigenvalue weighted by Gasteiger charge is 2.26. The summed E-state index contributed by atoms with van der Waals surface area (Å²) in [6.45, 7) is 1.38. The zero-order valence-electron chi connectivity index (χ0n) is 18.1. The van der Waals surface area contributed by atoms with Gasteiger partial charge < -0.3 is 20.2 Å². The largest absolute Gasteiger partial charge is 0.507 e. The van der Waals surface area contributed by atoms with Crippen LogP contribution in [0.3, 0.4) is 0 Å². The van der Waals surface area contributed by atoms with E-state index in [2.05, 4.69) is 5.32 Å². The van der Waals surface area contributed by atoms with Crippen molar-refractivity contribution < 1.29 is 19.5 Å². The molecule has 3 aromatic carbocycles. The summed E-state index contributed by atoms with van der Waals surface area (Å²) in [5.41, 5.74) is 2.82. The van der Waals surface area contributed by atoms with Crippen LogP contribution in [0.2, 0.25) is 0 Å². The van der Waals surface area contributed by atoms with Crippen molar-refractivity contribution in [2.24, 2.45) is 0 Å². The standard InChI is InChI=1S/C26H25N3O4/c30-23-9-5-4-8-22(23)26(33)29-16-14-28(15-17-29)24(31)18-27-25(32)21-12-10-20(11-13-21)19-6-2-1-3-7-19/h1-13,30H,14-18H2,(H,27,32). The number of phenols is 1. The second kappa shape index (κ2) is 9.99. The van der Waals surface area contributed by atoms with Crippen molar-refractivity contribution in [3.05, 3.63) is 90.0 Å². The molecule has 7 nitrogen and oxygen atoms in total. The molecule has 4 rings (SSSR count). The summed E-state index contributed by atoms with van der Waals surface area (Å²) in [6.07, 6.45) is 0. The van der Waals surface area contributed by atoms with Gasteiger partial charge in [0.05, 0.1) is 12.1 Å². The number of piperazine rings is 1. The van der Waals surface area contributed by atoms with E-state index in [0.29, 0.717) is 31.7 Å². The summed E-state index contributed by atoms with van der Waals surface area (Å²) in [6, 6.07) is 23.5. The summed E-state index contributed by atoms with van der Waals surface area (Å²) in [5.74, 6) is -0.816.